The van der Waals surface area contributed by atoms with Gasteiger partial charge in [-0.15, -0.1) is 12.4 Å². The SMILES string of the molecule is CC(C(=O)N1CCS(=O)(=O)C2(CCCCC2)C1)C1CNC1.Cl. The Balaban J connectivity index is 0.00000176. The zero-order chi connectivity index (χ0) is 15.1. The lowest BCUT2D eigenvalue weighted by Gasteiger charge is -2.45. The first kappa shape index (κ1) is 18.0. The monoisotopic (exact) mass is 350 g/mol. The first-order valence-electron chi connectivity index (χ1n) is 8.17. The lowest BCUT2D eigenvalue weighted by Crippen LogP contribution is -2.60. The van der Waals surface area contributed by atoms with Gasteiger partial charge in [0, 0.05) is 19.0 Å². The zero-order valence-electron chi connectivity index (χ0n) is 13.2. The quantitative estimate of drug-likeness (QED) is 0.813. The molecular formula is C15H27ClN2O3S. The third-order valence-electron chi connectivity index (χ3n) is 5.75. The third-order valence-corrected chi connectivity index (χ3v) is 8.33. The lowest BCUT2D eigenvalue weighted by molar-refractivity contribution is -0.138. The average Bonchev–Trinajstić information content (AvgIpc) is 2.40. The molecular weight excluding hydrogens is 324 g/mol. The lowest BCUT2D eigenvalue weighted by atomic mass is 9.85. The van der Waals surface area contributed by atoms with E-state index < -0.39 is 14.6 Å². The van der Waals surface area contributed by atoms with E-state index in [2.05, 4.69) is 5.32 Å². The summed E-state index contributed by atoms with van der Waals surface area (Å²) in [5, 5.41) is 3.20. The Labute approximate surface area is 139 Å². The van der Waals surface area contributed by atoms with Gasteiger partial charge in [-0.1, -0.05) is 26.2 Å². The maximum Gasteiger partial charge on any atom is 0.225 e. The van der Waals surface area contributed by atoms with Crippen LogP contribution in [0.1, 0.15) is 39.0 Å². The largest absolute Gasteiger partial charge is 0.340 e. The number of nitrogens with one attached hydrogen (secondary N) is 1. The van der Waals surface area contributed by atoms with Crippen molar-refractivity contribution >= 4 is 28.2 Å². The number of carbonyl (C=O) groups is 1. The molecule has 1 amide bonds. The van der Waals surface area contributed by atoms with Gasteiger partial charge in [0.15, 0.2) is 9.84 Å². The van der Waals surface area contributed by atoms with Crippen LogP contribution in [0.4, 0.5) is 0 Å². The van der Waals surface area contributed by atoms with Crippen molar-refractivity contribution in [3.05, 3.63) is 0 Å². The normalized spacial score (nSPS) is 28.5. The van der Waals surface area contributed by atoms with Crippen LogP contribution >= 0.6 is 12.4 Å². The van der Waals surface area contributed by atoms with Crippen molar-refractivity contribution in [3.63, 3.8) is 0 Å². The van der Waals surface area contributed by atoms with Crippen LogP contribution in [-0.2, 0) is 14.6 Å². The smallest absolute Gasteiger partial charge is 0.225 e. The Bertz CT molecular complexity index is 513. The molecule has 22 heavy (non-hydrogen) atoms. The minimum Gasteiger partial charge on any atom is -0.340 e. The van der Waals surface area contributed by atoms with E-state index in [4.69, 9.17) is 0 Å². The van der Waals surface area contributed by atoms with E-state index in [9.17, 15) is 13.2 Å². The number of carbonyl (C=O) groups excluding carboxylic acids is 1. The van der Waals surface area contributed by atoms with Crippen molar-refractivity contribution in [3.8, 4) is 0 Å². The fourth-order valence-corrected chi connectivity index (χ4v) is 6.14. The molecule has 5 nitrogen and oxygen atoms in total. The van der Waals surface area contributed by atoms with E-state index in [1.54, 1.807) is 0 Å². The highest BCUT2D eigenvalue weighted by Crippen LogP contribution is 2.39. The number of amides is 1. The summed E-state index contributed by atoms with van der Waals surface area (Å²) in [6.07, 6.45) is 4.54. The number of halogens is 1. The predicted molar refractivity (Wildman–Crippen MR) is 89.0 cm³/mol. The predicted octanol–water partition coefficient (Wildman–Crippen LogP) is 1.22. The van der Waals surface area contributed by atoms with Crippen LogP contribution in [-0.4, -0.2) is 55.9 Å². The first-order valence-corrected chi connectivity index (χ1v) is 9.82. The Morgan fingerprint density at radius 3 is 2.41 bits per heavy atom. The van der Waals surface area contributed by atoms with Gasteiger partial charge in [0.2, 0.25) is 5.91 Å². The maximum atomic E-state index is 12.7. The Kier molecular flexibility index (Phi) is 5.45. The van der Waals surface area contributed by atoms with Crippen molar-refractivity contribution in [1.82, 2.24) is 10.2 Å². The standard InChI is InChI=1S/C15H26N2O3S.ClH/c1-12(13-9-16-10-13)14(18)17-7-8-21(19,20)15(11-17)5-3-2-4-6-15;/h12-13,16H,2-11H2,1H3;1H. The molecule has 1 N–H and O–H groups in total. The van der Waals surface area contributed by atoms with E-state index in [0.717, 1.165) is 45.2 Å². The van der Waals surface area contributed by atoms with Gasteiger partial charge in [0.05, 0.1) is 10.5 Å². The molecule has 3 fully saturated rings. The van der Waals surface area contributed by atoms with Gasteiger partial charge in [0.25, 0.3) is 0 Å². The van der Waals surface area contributed by atoms with Crippen LogP contribution < -0.4 is 5.32 Å². The number of nitrogens with zero attached hydrogens (tertiary/aromatic N) is 1. The fourth-order valence-electron chi connectivity index (χ4n) is 3.98. The Morgan fingerprint density at radius 1 is 1.23 bits per heavy atom. The van der Waals surface area contributed by atoms with Crippen LogP contribution in [0, 0.1) is 11.8 Å². The molecule has 1 aliphatic carbocycles. The Morgan fingerprint density at radius 2 is 1.86 bits per heavy atom. The molecule has 3 rings (SSSR count). The second-order valence-corrected chi connectivity index (χ2v) is 9.53. The van der Waals surface area contributed by atoms with Crippen molar-refractivity contribution in [2.24, 2.45) is 11.8 Å². The van der Waals surface area contributed by atoms with E-state index in [1.165, 1.54) is 0 Å². The molecule has 2 heterocycles. The van der Waals surface area contributed by atoms with E-state index in [-0.39, 0.29) is 30.0 Å². The minimum atomic E-state index is -3.06. The molecule has 0 aromatic carbocycles. The zero-order valence-corrected chi connectivity index (χ0v) is 14.8. The van der Waals surface area contributed by atoms with Gasteiger partial charge < -0.3 is 10.2 Å². The molecule has 1 unspecified atom stereocenters. The van der Waals surface area contributed by atoms with Gasteiger partial charge in [0.1, 0.15) is 0 Å². The number of hydrogen-bond acceptors (Lipinski definition) is 4. The van der Waals surface area contributed by atoms with E-state index in [1.807, 2.05) is 11.8 Å². The summed E-state index contributed by atoms with van der Waals surface area (Å²) < 4.78 is 24.5. The molecule has 3 aliphatic rings. The van der Waals surface area contributed by atoms with E-state index in [0.29, 0.717) is 19.0 Å². The first-order chi connectivity index (χ1) is 9.95. The summed E-state index contributed by atoms with van der Waals surface area (Å²) in [4.78, 5) is 14.5. The summed E-state index contributed by atoms with van der Waals surface area (Å²) >= 11 is 0. The summed E-state index contributed by atoms with van der Waals surface area (Å²) in [5.74, 6) is 0.723. The van der Waals surface area contributed by atoms with Gasteiger partial charge >= 0.3 is 0 Å². The van der Waals surface area contributed by atoms with Crippen molar-refractivity contribution in [2.75, 3.05) is 31.9 Å². The molecule has 0 aromatic heterocycles. The minimum absolute atomic E-state index is 0. The van der Waals surface area contributed by atoms with Crippen molar-refractivity contribution in [1.29, 1.82) is 0 Å². The summed E-state index contributed by atoms with van der Waals surface area (Å²) in [5.41, 5.74) is 0. The van der Waals surface area contributed by atoms with Gasteiger partial charge in [-0.3, -0.25) is 4.79 Å². The van der Waals surface area contributed by atoms with Crippen LogP contribution in [0.2, 0.25) is 0 Å². The molecule has 2 saturated heterocycles. The summed E-state index contributed by atoms with van der Waals surface area (Å²) in [6, 6.07) is 0. The fraction of sp³-hybridized carbons (Fsp3) is 0.933. The molecule has 0 bridgehead atoms. The topological polar surface area (TPSA) is 66.5 Å². The third kappa shape index (κ3) is 3.02. The molecule has 1 atom stereocenters. The maximum absolute atomic E-state index is 12.7. The number of rotatable bonds is 2. The van der Waals surface area contributed by atoms with Crippen LogP contribution in [0.15, 0.2) is 0 Å². The average molecular weight is 351 g/mol. The molecule has 1 spiro atoms. The van der Waals surface area contributed by atoms with Gasteiger partial charge in [-0.05, 0) is 31.8 Å². The highest BCUT2D eigenvalue weighted by molar-refractivity contribution is 7.92. The molecule has 0 aromatic rings. The molecule has 0 radical (unpaired) electrons. The molecule has 128 valence electrons. The summed E-state index contributed by atoms with van der Waals surface area (Å²) in [7, 11) is -3.06. The number of sulfone groups is 1. The highest BCUT2D eigenvalue weighted by Gasteiger charge is 2.49. The Hall–Kier alpha value is -0.330. The van der Waals surface area contributed by atoms with Gasteiger partial charge in [-0.25, -0.2) is 8.42 Å². The number of hydrogen-bond donors (Lipinski definition) is 1. The second kappa shape index (κ2) is 6.65. The second-order valence-electron chi connectivity index (χ2n) is 7.03. The van der Waals surface area contributed by atoms with Crippen molar-refractivity contribution in [2.45, 2.75) is 43.8 Å². The van der Waals surface area contributed by atoms with E-state index >= 15 is 0 Å². The van der Waals surface area contributed by atoms with Crippen LogP contribution in [0.25, 0.3) is 0 Å². The molecule has 2 aliphatic heterocycles. The highest BCUT2D eigenvalue weighted by atomic mass is 35.5. The molecule has 1 saturated carbocycles. The van der Waals surface area contributed by atoms with Crippen molar-refractivity contribution < 1.29 is 13.2 Å². The van der Waals surface area contributed by atoms with Crippen LogP contribution in [0.5, 0.6) is 0 Å². The molecule has 7 heteroatoms. The van der Waals surface area contributed by atoms with Gasteiger partial charge in [-0.2, -0.15) is 0 Å². The summed E-state index contributed by atoms with van der Waals surface area (Å²) in [6.45, 7) is 4.62. The van der Waals surface area contributed by atoms with Crippen LogP contribution in [0.3, 0.4) is 0 Å².